The monoisotopic (exact) mass is 447 g/mol. The molecule has 3 rings (SSSR count). The Kier molecular flexibility index (Phi) is 6.71. The van der Waals surface area contributed by atoms with Crippen molar-refractivity contribution in [3.05, 3.63) is 63.7 Å². The molecular formula is C21H21NO8S. The first kappa shape index (κ1) is 22.4. The molecule has 1 aliphatic heterocycles. The number of nitro benzene ring substituents is 1. The maximum Gasteiger partial charge on any atom is 0.297 e. The highest BCUT2D eigenvalue weighted by atomic mass is 32.2. The zero-order valence-corrected chi connectivity index (χ0v) is 17.8. The van der Waals surface area contributed by atoms with Gasteiger partial charge in [0.2, 0.25) is 0 Å². The van der Waals surface area contributed by atoms with Crippen LogP contribution >= 0.6 is 0 Å². The predicted octanol–water partition coefficient (Wildman–Crippen LogP) is 3.44. The normalized spacial score (nSPS) is 15.7. The molecule has 1 unspecified atom stereocenters. The lowest BCUT2D eigenvalue weighted by Crippen LogP contribution is -2.34. The van der Waals surface area contributed by atoms with Crippen molar-refractivity contribution in [1.82, 2.24) is 0 Å². The van der Waals surface area contributed by atoms with Crippen molar-refractivity contribution in [3.63, 3.8) is 0 Å². The second-order valence-corrected chi connectivity index (χ2v) is 8.45. The molecule has 0 N–H and O–H groups in total. The number of carbonyl (C=O) groups is 1. The zero-order valence-electron chi connectivity index (χ0n) is 16.9. The van der Waals surface area contributed by atoms with Crippen molar-refractivity contribution < 1.29 is 31.8 Å². The number of benzene rings is 2. The third-order valence-electron chi connectivity index (χ3n) is 4.55. The maximum atomic E-state index is 12.4. The van der Waals surface area contributed by atoms with Gasteiger partial charge in [-0.05, 0) is 37.3 Å². The van der Waals surface area contributed by atoms with Crippen LogP contribution in [-0.4, -0.2) is 38.4 Å². The lowest BCUT2D eigenvalue weighted by molar-refractivity contribution is -0.385. The number of allylic oxidation sites excluding steroid dienone is 1. The Bertz CT molecular complexity index is 1120. The molecule has 0 radical (unpaired) electrons. The third kappa shape index (κ3) is 5.28. The molecule has 0 aliphatic carbocycles. The second-order valence-electron chi connectivity index (χ2n) is 6.84. The molecule has 0 aromatic heterocycles. The molecule has 1 aliphatic rings. The van der Waals surface area contributed by atoms with Crippen molar-refractivity contribution in [2.75, 3.05) is 13.2 Å². The summed E-state index contributed by atoms with van der Waals surface area (Å²) in [5.74, 6) is 0.0986. The molecule has 1 heterocycles. The van der Waals surface area contributed by atoms with Gasteiger partial charge < -0.3 is 9.47 Å². The Balaban J connectivity index is 1.82. The summed E-state index contributed by atoms with van der Waals surface area (Å²) in [6.07, 6.45) is 1.94. The number of fused-ring (bicyclic) bond motifs is 1. The van der Waals surface area contributed by atoms with E-state index in [2.05, 4.69) is 0 Å². The van der Waals surface area contributed by atoms with Gasteiger partial charge in [-0.25, -0.2) is 0 Å². The summed E-state index contributed by atoms with van der Waals surface area (Å²) < 4.78 is 41.3. The van der Waals surface area contributed by atoms with Crippen LogP contribution in [-0.2, 0) is 19.1 Å². The molecule has 0 amide bonds. The molecule has 9 nitrogen and oxygen atoms in total. The molecule has 164 valence electrons. The van der Waals surface area contributed by atoms with Gasteiger partial charge in [0.25, 0.3) is 15.8 Å². The van der Waals surface area contributed by atoms with E-state index in [1.54, 1.807) is 19.1 Å². The minimum Gasteiger partial charge on any atom is -0.486 e. The van der Waals surface area contributed by atoms with Crippen LogP contribution in [0.25, 0.3) is 6.08 Å². The second kappa shape index (κ2) is 9.27. The van der Waals surface area contributed by atoms with Gasteiger partial charge in [-0.3, -0.25) is 19.1 Å². The number of hydrogen-bond donors (Lipinski definition) is 0. The van der Waals surface area contributed by atoms with E-state index >= 15 is 0 Å². The van der Waals surface area contributed by atoms with Crippen LogP contribution in [0.5, 0.6) is 11.5 Å². The molecule has 1 atom stereocenters. The summed E-state index contributed by atoms with van der Waals surface area (Å²) in [4.78, 5) is 22.5. The Morgan fingerprint density at radius 2 is 1.97 bits per heavy atom. The van der Waals surface area contributed by atoms with Crippen LogP contribution in [0.15, 0.2) is 47.4 Å². The molecule has 0 saturated carbocycles. The van der Waals surface area contributed by atoms with Crippen molar-refractivity contribution in [2.45, 2.75) is 31.3 Å². The SMILES string of the molecule is CCC(=O)/C=C/c1c([N+](=O)[O-])ccc2c1OC(COS(=O)(=O)c1ccc(C)cc1)CO2. The summed E-state index contributed by atoms with van der Waals surface area (Å²) >= 11 is 0. The zero-order chi connectivity index (χ0) is 22.6. The van der Waals surface area contributed by atoms with Crippen molar-refractivity contribution >= 4 is 27.7 Å². The Hall–Kier alpha value is -3.24. The highest BCUT2D eigenvalue weighted by Gasteiger charge is 2.30. The fourth-order valence-electron chi connectivity index (χ4n) is 2.82. The minimum atomic E-state index is -4.01. The number of nitrogens with zero attached hydrogens (tertiary/aromatic N) is 1. The predicted molar refractivity (Wildman–Crippen MR) is 112 cm³/mol. The van der Waals surface area contributed by atoms with E-state index in [9.17, 15) is 23.3 Å². The number of ether oxygens (including phenoxy) is 2. The summed E-state index contributed by atoms with van der Waals surface area (Å²) in [7, 11) is -4.01. The number of carbonyl (C=O) groups excluding carboxylic acids is 1. The molecule has 31 heavy (non-hydrogen) atoms. The molecule has 0 spiro atoms. The average molecular weight is 447 g/mol. The molecule has 2 aromatic carbocycles. The van der Waals surface area contributed by atoms with Crippen molar-refractivity contribution in [1.29, 1.82) is 0 Å². The number of aryl methyl sites for hydroxylation is 1. The fraction of sp³-hybridized carbons (Fsp3) is 0.286. The lowest BCUT2D eigenvalue weighted by atomic mass is 10.1. The Labute approximate surface area is 179 Å². The van der Waals surface area contributed by atoms with Gasteiger partial charge >= 0.3 is 0 Å². The molecule has 0 fully saturated rings. The lowest BCUT2D eigenvalue weighted by Gasteiger charge is -2.27. The summed E-state index contributed by atoms with van der Waals surface area (Å²) in [5, 5.41) is 11.4. The Morgan fingerprint density at radius 3 is 2.61 bits per heavy atom. The molecule has 0 saturated heterocycles. The standard InChI is InChI=1S/C21H21NO8S/c1-3-15(23)6-9-18-19(22(24)25)10-11-20-21(18)30-16(12-28-20)13-29-31(26,27)17-7-4-14(2)5-8-17/h4-11,16H,3,12-13H2,1-2H3/b9-6+. The van der Waals surface area contributed by atoms with Crippen LogP contribution in [0, 0.1) is 17.0 Å². The van der Waals surface area contributed by atoms with Gasteiger partial charge in [-0.1, -0.05) is 24.6 Å². The first-order valence-corrected chi connectivity index (χ1v) is 10.9. The van der Waals surface area contributed by atoms with E-state index < -0.39 is 21.1 Å². The van der Waals surface area contributed by atoms with E-state index in [1.165, 1.54) is 36.4 Å². The van der Waals surface area contributed by atoms with Crippen LogP contribution in [0.2, 0.25) is 0 Å². The smallest absolute Gasteiger partial charge is 0.297 e. The number of ketones is 1. The topological polar surface area (TPSA) is 122 Å². The van der Waals surface area contributed by atoms with Gasteiger partial charge in [-0.15, -0.1) is 0 Å². The number of nitro groups is 1. The van der Waals surface area contributed by atoms with Gasteiger partial charge in [0, 0.05) is 12.5 Å². The summed E-state index contributed by atoms with van der Waals surface area (Å²) in [5.41, 5.74) is 0.704. The van der Waals surface area contributed by atoms with Crippen LogP contribution in [0.3, 0.4) is 0 Å². The summed E-state index contributed by atoms with van der Waals surface area (Å²) in [6, 6.07) is 8.85. The first-order chi connectivity index (χ1) is 14.7. The largest absolute Gasteiger partial charge is 0.486 e. The van der Waals surface area contributed by atoms with Gasteiger partial charge in [-0.2, -0.15) is 8.42 Å². The van der Waals surface area contributed by atoms with Gasteiger partial charge in [0.1, 0.15) is 13.2 Å². The molecule has 10 heteroatoms. The van der Waals surface area contributed by atoms with Gasteiger partial charge in [0.15, 0.2) is 23.4 Å². The highest BCUT2D eigenvalue weighted by Crippen LogP contribution is 2.41. The van der Waals surface area contributed by atoms with E-state index in [4.69, 9.17) is 13.7 Å². The number of rotatable bonds is 8. The number of hydrogen-bond acceptors (Lipinski definition) is 8. The molecular weight excluding hydrogens is 426 g/mol. The van der Waals surface area contributed by atoms with E-state index in [-0.39, 0.29) is 53.1 Å². The van der Waals surface area contributed by atoms with E-state index in [0.717, 1.165) is 5.56 Å². The van der Waals surface area contributed by atoms with Crippen molar-refractivity contribution in [3.8, 4) is 11.5 Å². The minimum absolute atomic E-state index is 0.00701. The fourth-order valence-corrected chi connectivity index (χ4v) is 3.76. The van der Waals surface area contributed by atoms with E-state index in [1.807, 2.05) is 6.92 Å². The van der Waals surface area contributed by atoms with Gasteiger partial charge in [0.05, 0.1) is 15.4 Å². The van der Waals surface area contributed by atoms with Crippen LogP contribution in [0.1, 0.15) is 24.5 Å². The summed E-state index contributed by atoms with van der Waals surface area (Å²) in [6.45, 7) is 3.14. The van der Waals surface area contributed by atoms with Crippen LogP contribution in [0.4, 0.5) is 5.69 Å². The highest BCUT2D eigenvalue weighted by molar-refractivity contribution is 7.86. The quantitative estimate of drug-likeness (QED) is 0.261. The maximum absolute atomic E-state index is 12.4. The third-order valence-corrected chi connectivity index (χ3v) is 5.84. The van der Waals surface area contributed by atoms with Crippen molar-refractivity contribution in [2.24, 2.45) is 0 Å². The Morgan fingerprint density at radius 1 is 1.26 bits per heavy atom. The average Bonchev–Trinajstić information content (AvgIpc) is 2.75. The molecule has 2 aromatic rings. The molecule has 0 bridgehead atoms. The van der Waals surface area contributed by atoms with E-state index in [0.29, 0.717) is 0 Å². The van der Waals surface area contributed by atoms with Crippen LogP contribution < -0.4 is 9.47 Å². The first-order valence-electron chi connectivity index (χ1n) is 9.49.